The van der Waals surface area contributed by atoms with Crippen LogP contribution in [0.3, 0.4) is 0 Å². The molecule has 1 fully saturated rings. The quantitative estimate of drug-likeness (QED) is 0.727. The first-order valence-electron chi connectivity index (χ1n) is 4.70. The van der Waals surface area contributed by atoms with Crippen molar-refractivity contribution in [2.75, 3.05) is 13.1 Å². The van der Waals surface area contributed by atoms with Gasteiger partial charge in [-0.25, -0.2) is 8.78 Å². The fourth-order valence-electron chi connectivity index (χ4n) is 1.91. The molecule has 0 aliphatic carbocycles. The average molecular weight is 197 g/mol. The second kappa shape index (κ2) is 3.02. The van der Waals surface area contributed by atoms with E-state index >= 15 is 0 Å². The average Bonchev–Trinajstić information content (AvgIpc) is 2.44. The third kappa shape index (κ3) is 1.23. The van der Waals surface area contributed by atoms with Gasteiger partial charge in [-0.1, -0.05) is 30.3 Å². The fraction of sp³-hybridized carbons (Fsp3) is 0.455. The van der Waals surface area contributed by atoms with Crippen LogP contribution in [0, 0.1) is 0 Å². The van der Waals surface area contributed by atoms with Crippen molar-refractivity contribution in [3.05, 3.63) is 35.9 Å². The molecule has 14 heavy (non-hydrogen) atoms. The molecule has 0 bridgehead atoms. The molecule has 3 heteroatoms. The molecule has 2 rings (SSSR count). The Kier molecular flexibility index (Phi) is 2.07. The van der Waals surface area contributed by atoms with Gasteiger partial charge in [0.1, 0.15) is 0 Å². The van der Waals surface area contributed by atoms with Gasteiger partial charge < -0.3 is 5.32 Å². The molecule has 1 saturated heterocycles. The molecule has 0 amide bonds. The molecule has 1 aromatic carbocycles. The van der Waals surface area contributed by atoms with Crippen LogP contribution in [0.15, 0.2) is 30.3 Å². The molecule has 0 saturated carbocycles. The van der Waals surface area contributed by atoms with Crippen molar-refractivity contribution in [2.45, 2.75) is 18.3 Å². The molecule has 0 aromatic heterocycles. The van der Waals surface area contributed by atoms with E-state index < -0.39 is 11.3 Å². The van der Waals surface area contributed by atoms with Crippen molar-refractivity contribution >= 4 is 0 Å². The molecular formula is C11H13F2N. The van der Waals surface area contributed by atoms with Gasteiger partial charge in [0.25, 0.3) is 5.92 Å². The summed E-state index contributed by atoms with van der Waals surface area (Å²) < 4.78 is 27.2. The van der Waals surface area contributed by atoms with Crippen molar-refractivity contribution in [2.24, 2.45) is 0 Å². The van der Waals surface area contributed by atoms with Gasteiger partial charge in [-0.3, -0.25) is 0 Å². The van der Waals surface area contributed by atoms with E-state index in [0.717, 1.165) is 0 Å². The Balaban J connectivity index is 2.42. The first kappa shape index (κ1) is 9.59. The number of nitrogens with one attached hydrogen (secondary N) is 1. The van der Waals surface area contributed by atoms with Crippen LogP contribution in [-0.2, 0) is 5.41 Å². The Labute approximate surface area is 82.1 Å². The van der Waals surface area contributed by atoms with Gasteiger partial charge in [0.05, 0.1) is 12.0 Å². The van der Waals surface area contributed by atoms with Crippen molar-refractivity contribution in [1.82, 2.24) is 5.32 Å². The highest BCUT2D eigenvalue weighted by Crippen LogP contribution is 2.41. The normalized spacial score (nSPS) is 30.5. The molecule has 1 aromatic rings. The first-order chi connectivity index (χ1) is 6.56. The molecule has 76 valence electrons. The first-order valence-corrected chi connectivity index (χ1v) is 4.70. The molecule has 1 N–H and O–H groups in total. The highest BCUT2D eigenvalue weighted by atomic mass is 19.3. The van der Waals surface area contributed by atoms with Crippen molar-refractivity contribution in [3.63, 3.8) is 0 Å². The lowest BCUT2D eigenvalue weighted by molar-refractivity contribution is -0.0348. The maximum atomic E-state index is 13.6. The zero-order valence-corrected chi connectivity index (χ0v) is 8.06. The lowest BCUT2D eigenvalue weighted by Crippen LogP contribution is -2.41. The minimum Gasteiger partial charge on any atom is -0.310 e. The summed E-state index contributed by atoms with van der Waals surface area (Å²) in [6, 6.07) is 8.97. The van der Waals surface area contributed by atoms with Gasteiger partial charge in [0, 0.05) is 6.54 Å². The number of hydrogen-bond donors (Lipinski definition) is 1. The van der Waals surface area contributed by atoms with Crippen LogP contribution < -0.4 is 5.32 Å². The fourth-order valence-corrected chi connectivity index (χ4v) is 1.91. The summed E-state index contributed by atoms with van der Waals surface area (Å²) in [5.74, 6) is -2.66. The van der Waals surface area contributed by atoms with Crippen LogP contribution in [-0.4, -0.2) is 19.0 Å². The monoisotopic (exact) mass is 197 g/mol. The van der Waals surface area contributed by atoms with Crippen molar-refractivity contribution < 1.29 is 8.78 Å². The lowest BCUT2D eigenvalue weighted by atomic mass is 9.79. The third-order valence-electron chi connectivity index (χ3n) is 3.04. The van der Waals surface area contributed by atoms with E-state index in [4.69, 9.17) is 0 Å². The number of hydrogen-bond acceptors (Lipinski definition) is 1. The van der Waals surface area contributed by atoms with Gasteiger partial charge in [0.2, 0.25) is 0 Å². The smallest absolute Gasteiger partial charge is 0.270 e. The predicted octanol–water partition coefficient (Wildman–Crippen LogP) is 2.18. The van der Waals surface area contributed by atoms with Gasteiger partial charge >= 0.3 is 0 Å². The Hall–Kier alpha value is -0.960. The standard InChI is InChI=1S/C11H13F2N/c1-10(7-14-8-11(10,12)13)9-5-3-2-4-6-9/h2-6,14H,7-8H2,1H3. The topological polar surface area (TPSA) is 12.0 Å². The van der Waals surface area contributed by atoms with Gasteiger partial charge in [-0.2, -0.15) is 0 Å². The van der Waals surface area contributed by atoms with Gasteiger partial charge in [-0.05, 0) is 12.5 Å². The van der Waals surface area contributed by atoms with E-state index in [0.29, 0.717) is 12.1 Å². The number of benzene rings is 1. The summed E-state index contributed by atoms with van der Waals surface area (Å²) in [6.45, 7) is 1.73. The zero-order chi connectivity index (χ0) is 10.2. The van der Waals surface area contributed by atoms with E-state index in [1.165, 1.54) is 0 Å². The second-order valence-electron chi connectivity index (χ2n) is 4.01. The van der Waals surface area contributed by atoms with E-state index in [2.05, 4.69) is 5.32 Å². The molecule has 1 atom stereocenters. The predicted molar refractivity (Wildman–Crippen MR) is 51.6 cm³/mol. The van der Waals surface area contributed by atoms with Crippen LogP contribution in [0.25, 0.3) is 0 Å². The zero-order valence-electron chi connectivity index (χ0n) is 8.06. The lowest BCUT2D eigenvalue weighted by Gasteiger charge is -2.30. The Morgan fingerprint density at radius 1 is 1.14 bits per heavy atom. The van der Waals surface area contributed by atoms with Crippen molar-refractivity contribution in [3.8, 4) is 0 Å². The maximum Gasteiger partial charge on any atom is 0.270 e. The van der Waals surface area contributed by atoms with Crippen LogP contribution in [0.5, 0.6) is 0 Å². The summed E-state index contributed by atoms with van der Waals surface area (Å²) in [7, 11) is 0. The molecular weight excluding hydrogens is 184 g/mol. The minimum atomic E-state index is -2.66. The van der Waals surface area contributed by atoms with Gasteiger partial charge in [0.15, 0.2) is 0 Å². The van der Waals surface area contributed by atoms with E-state index in [1.807, 2.05) is 6.07 Å². The maximum absolute atomic E-state index is 13.6. The van der Waals surface area contributed by atoms with Crippen LogP contribution in [0.2, 0.25) is 0 Å². The van der Waals surface area contributed by atoms with Crippen LogP contribution in [0.4, 0.5) is 8.78 Å². The Morgan fingerprint density at radius 2 is 1.79 bits per heavy atom. The second-order valence-corrected chi connectivity index (χ2v) is 4.01. The molecule has 0 spiro atoms. The number of rotatable bonds is 1. The highest BCUT2D eigenvalue weighted by molar-refractivity contribution is 5.30. The summed E-state index contributed by atoms with van der Waals surface area (Å²) in [6.07, 6.45) is 0. The van der Waals surface area contributed by atoms with Crippen LogP contribution >= 0.6 is 0 Å². The highest BCUT2D eigenvalue weighted by Gasteiger charge is 2.54. The Bertz CT molecular complexity index is 323. The molecule has 1 nitrogen and oxygen atoms in total. The van der Waals surface area contributed by atoms with E-state index in [9.17, 15) is 8.78 Å². The molecule has 0 radical (unpaired) electrons. The minimum absolute atomic E-state index is 0.224. The summed E-state index contributed by atoms with van der Waals surface area (Å²) in [5.41, 5.74) is -0.358. The SMILES string of the molecule is CC1(c2ccccc2)CNCC1(F)F. The largest absolute Gasteiger partial charge is 0.310 e. The molecule has 1 aliphatic heterocycles. The number of halogens is 2. The van der Waals surface area contributed by atoms with Gasteiger partial charge in [-0.15, -0.1) is 0 Å². The number of alkyl halides is 2. The summed E-state index contributed by atoms with van der Waals surface area (Å²) >= 11 is 0. The van der Waals surface area contributed by atoms with E-state index in [1.54, 1.807) is 31.2 Å². The summed E-state index contributed by atoms with van der Waals surface area (Å²) in [5, 5.41) is 2.75. The van der Waals surface area contributed by atoms with Crippen LogP contribution in [0.1, 0.15) is 12.5 Å². The molecule has 1 unspecified atom stereocenters. The third-order valence-corrected chi connectivity index (χ3v) is 3.04. The molecule has 1 heterocycles. The van der Waals surface area contributed by atoms with Crippen molar-refractivity contribution in [1.29, 1.82) is 0 Å². The van der Waals surface area contributed by atoms with E-state index in [-0.39, 0.29) is 6.54 Å². The summed E-state index contributed by atoms with van der Waals surface area (Å²) in [4.78, 5) is 0. The Morgan fingerprint density at radius 3 is 2.29 bits per heavy atom. The molecule has 1 aliphatic rings.